The average Bonchev–Trinajstić information content (AvgIpc) is 2.75. The second-order valence-corrected chi connectivity index (χ2v) is 8.65. The predicted molar refractivity (Wildman–Crippen MR) is 114 cm³/mol. The smallest absolute Gasteiger partial charge is 0.255 e. The van der Waals surface area contributed by atoms with E-state index in [9.17, 15) is 13.2 Å². The molecule has 0 spiro atoms. The first-order valence-corrected chi connectivity index (χ1v) is 11.2. The number of carbonyl (C=O) groups is 1. The van der Waals surface area contributed by atoms with Crippen LogP contribution in [-0.2, 0) is 14.8 Å². The van der Waals surface area contributed by atoms with Crippen LogP contribution in [0.5, 0.6) is 0 Å². The lowest BCUT2D eigenvalue weighted by Gasteiger charge is -2.28. The van der Waals surface area contributed by atoms with Gasteiger partial charge in [0.05, 0.1) is 18.1 Å². The molecule has 156 valence electrons. The molecule has 2 aromatic carbocycles. The molecule has 0 bridgehead atoms. The monoisotopic (exact) mass is 417 g/mol. The highest BCUT2D eigenvalue weighted by Crippen LogP contribution is 2.20. The topological polar surface area (TPSA) is 79.0 Å². The number of benzene rings is 2. The lowest BCUT2D eigenvalue weighted by Crippen LogP contribution is -2.36. The molecule has 0 aliphatic carbocycles. The number of anilines is 2. The molecule has 29 heavy (non-hydrogen) atoms. The quantitative estimate of drug-likeness (QED) is 0.749. The van der Waals surface area contributed by atoms with Gasteiger partial charge in [0.25, 0.3) is 5.91 Å². The second kappa shape index (κ2) is 9.39. The van der Waals surface area contributed by atoms with E-state index in [2.05, 4.69) is 10.2 Å². The third kappa shape index (κ3) is 4.95. The lowest BCUT2D eigenvalue weighted by molar-refractivity contribution is 0.102. The summed E-state index contributed by atoms with van der Waals surface area (Å²) in [5, 5.41) is 2.81. The van der Waals surface area contributed by atoms with Crippen molar-refractivity contribution >= 4 is 27.3 Å². The van der Waals surface area contributed by atoms with E-state index in [1.807, 2.05) is 12.1 Å². The Morgan fingerprint density at radius 3 is 2.14 bits per heavy atom. The largest absolute Gasteiger partial charge is 0.378 e. The van der Waals surface area contributed by atoms with Crippen LogP contribution in [0.4, 0.5) is 11.4 Å². The minimum atomic E-state index is -3.51. The Labute approximate surface area is 172 Å². The van der Waals surface area contributed by atoms with Crippen molar-refractivity contribution in [2.75, 3.05) is 49.6 Å². The van der Waals surface area contributed by atoms with Crippen LogP contribution < -0.4 is 10.2 Å². The number of nitrogens with zero attached hydrogens (tertiary/aromatic N) is 2. The first-order chi connectivity index (χ1) is 14.0. The maximum atomic E-state index is 12.5. The van der Waals surface area contributed by atoms with E-state index in [0.717, 1.165) is 18.8 Å². The Morgan fingerprint density at radius 1 is 1.00 bits per heavy atom. The fourth-order valence-corrected chi connectivity index (χ4v) is 4.73. The van der Waals surface area contributed by atoms with Crippen molar-refractivity contribution in [2.45, 2.75) is 18.7 Å². The summed E-state index contributed by atoms with van der Waals surface area (Å²) < 4.78 is 31.8. The molecule has 1 saturated heterocycles. The van der Waals surface area contributed by atoms with Crippen molar-refractivity contribution < 1.29 is 17.9 Å². The summed E-state index contributed by atoms with van der Waals surface area (Å²) in [6.45, 7) is 7.54. The van der Waals surface area contributed by atoms with E-state index in [-0.39, 0.29) is 10.8 Å². The van der Waals surface area contributed by atoms with Gasteiger partial charge < -0.3 is 15.0 Å². The fourth-order valence-electron chi connectivity index (χ4n) is 3.27. The van der Waals surface area contributed by atoms with Crippen molar-refractivity contribution in [2.24, 2.45) is 0 Å². The molecule has 0 unspecified atom stereocenters. The zero-order valence-electron chi connectivity index (χ0n) is 16.8. The van der Waals surface area contributed by atoms with Gasteiger partial charge in [-0.2, -0.15) is 4.31 Å². The van der Waals surface area contributed by atoms with Gasteiger partial charge in [-0.1, -0.05) is 13.8 Å². The molecule has 3 rings (SSSR count). The van der Waals surface area contributed by atoms with Crippen molar-refractivity contribution in [1.29, 1.82) is 0 Å². The van der Waals surface area contributed by atoms with Crippen molar-refractivity contribution in [1.82, 2.24) is 4.31 Å². The minimum Gasteiger partial charge on any atom is -0.378 e. The summed E-state index contributed by atoms with van der Waals surface area (Å²) in [6.07, 6.45) is 0. The Morgan fingerprint density at radius 2 is 1.59 bits per heavy atom. The van der Waals surface area contributed by atoms with E-state index in [0.29, 0.717) is 37.6 Å². The summed E-state index contributed by atoms with van der Waals surface area (Å²) in [5.74, 6) is -0.238. The van der Waals surface area contributed by atoms with Crippen LogP contribution >= 0.6 is 0 Å². The van der Waals surface area contributed by atoms with Crippen LogP contribution in [0.2, 0.25) is 0 Å². The maximum absolute atomic E-state index is 12.5. The highest BCUT2D eigenvalue weighted by Gasteiger charge is 2.21. The Kier molecular flexibility index (Phi) is 6.89. The molecule has 0 atom stereocenters. The standard InChI is InChI=1S/C21H27N3O4S/c1-3-24(4-2)29(26,27)20-11-7-18(8-12-20)22-21(25)17-5-9-19(10-6-17)23-13-15-28-16-14-23/h5-12H,3-4,13-16H2,1-2H3,(H,22,25). The van der Waals surface area contributed by atoms with Gasteiger partial charge >= 0.3 is 0 Å². The molecule has 0 aromatic heterocycles. The van der Waals surface area contributed by atoms with Crippen molar-refractivity contribution in [3.63, 3.8) is 0 Å². The summed E-state index contributed by atoms with van der Waals surface area (Å²) >= 11 is 0. The van der Waals surface area contributed by atoms with Crippen LogP contribution in [-0.4, -0.2) is 58.0 Å². The van der Waals surface area contributed by atoms with Gasteiger partial charge in [-0.3, -0.25) is 4.79 Å². The Hall–Kier alpha value is -2.42. The lowest BCUT2D eigenvalue weighted by atomic mass is 10.1. The van der Waals surface area contributed by atoms with E-state index in [1.54, 1.807) is 38.1 Å². The van der Waals surface area contributed by atoms with Gasteiger partial charge in [0, 0.05) is 43.1 Å². The summed E-state index contributed by atoms with van der Waals surface area (Å²) in [5.41, 5.74) is 2.16. The molecular formula is C21H27N3O4S. The maximum Gasteiger partial charge on any atom is 0.255 e. The van der Waals surface area contributed by atoms with Gasteiger partial charge in [0.1, 0.15) is 0 Å². The number of sulfonamides is 1. The number of hydrogen-bond donors (Lipinski definition) is 1. The van der Waals surface area contributed by atoms with Crippen molar-refractivity contribution in [3.8, 4) is 0 Å². The molecule has 1 amide bonds. The minimum absolute atomic E-state index is 0.217. The molecule has 1 aliphatic rings. The normalized spacial score (nSPS) is 14.8. The molecule has 7 nitrogen and oxygen atoms in total. The Bertz CT molecular complexity index is 917. The summed E-state index contributed by atoms with van der Waals surface area (Å²) in [6, 6.07) is 13.7. The second-order valence-electron chi connectivity index (χ2n) is 6.71. The summed E-state index contributed by atoms with van der Waals surface area (Å²) in [7, 11) is -3.51. The van der Waals surface area contributed by atoms with Gasteiger partial charge in [-0.15, -0.1) is 0 Å². The Balaban J connectivity index is 1.66. The van der Waals surface area contributed by atoms with E-state index in [4.69, 9.17) is 4.74 Å². The van der Waals surface area contributed by atoms with Crippen molar-refractivity contribution in [3.05, 3.63) is 54.1 Å². The number of amides is 1. The molecular weight excluding hydrogens is 390 g/mol. The van der Waals surface area contributed by atoms with Gasteiger partial charge in [-0.25, -0.2) is 8.42 Å². The number of nitrogens with one attached hydrogen (secondary N) is 1. The highest BCUT2D eigenvalue weighted by atomic mass is 32.2. The summed E-state index contributed by atoms with van der Waals surface area (Å²) in [4.78, 5) is 15.0. The third-order valence-electron chi connectivity index (χ3n) is 4.96. The van der Waals surface area contributed by atoms with Gasteiger partial charge in [-0.05, 0) is 48.5 Å². The van der Waals surface area contributed by atoms with Gasteiger partial charge in [0.15, 0.2) is 0 Å². The van der Waals surface area contributed by atoms with Crippen LogP contribution in [0, 0.1) is 0 Å². The zero-order chi connectivity index (χ0) is 20.9. The number of rotatable bonds is 7. The molecule has 0 radical (unpaired) electrons. The zero-order valence-corrected chi connectivity index (χ0v) is 17.6. The first-order valence-electron chi connectivity index (χ1n) is 9.80. The fraction of sp³-hybridized carbons (Fsp3) is 0.381. The van der Waals surface area contributed by atoms with Crippen LogP contribution in [0.15, 0.2) is 53.4 Å². The molecule has 8 heteroatoms. The molecule has 1 aliphatic heterocycles. The van der Waals surface area contributed by atoms with E-state index >= 15 is 0 Å². The average molecular weight is 418 g/mol. The van der Waals surface area contributed by atoms with E-state index < -0.39 is 10.0 Å². The number of hydrogen-bond acceptors (Lipinski definition) is 5. The SMILES string of the molecule is CCN(CC)S(=O)(=O)c1ccc(NC(=O)c2ccc(N3CCOCC3)cc2)cc1. The van der Waals surface area contributed by atoms with E-state index in [1.165, 1.54) is 16.4 Å². The number of morpholine rings is 1. The molecule has 0 saturated carbocycles. The highest BCUT2D eigenvalue weighted by molar-refractivity contribution is 7.89. The van der Waals surface area contributed by atoms with Gasteiger partial charge in [0.2, 0.25) is 10.0 Å². The number of carbonyl (C=O) groups excluding carboxylic acids is 1. The van der Waals surface area contributed by atoms with Crippen LogP contribution in [0.3, 0.4) is 0 Å². The van der Waals surface area contributed by atoms with Crippen LogP contribution in [0.1, 0.15) is 24.2 Å². The molecule has 1 fully saturated rings. The first kappa shape index (κ1) is 21.3. The molecule has 1 N–H and O–H groups in total. The van der Waals surface area contributed by atoms with Crippen LogP contribution in [0.25, 0.3) is 0 Å². The molecule has 1 heterocycles. The number of ether oxygens (including phenoxy) is 1. The predicted octanol–water partition coefficient (Wildman–Crippen LogP) is 2.81. The third-order valence-corrected chi connectivity index (χ3v) is 7.03. The molecule has 2 aromatic rings.